The number of nitrogens with zero attached hydrogens (tertiary/aromatic N) is 2. The van der Waals surface area contributed by atoms with Crippen molar-refractivity contribution >= 4 is 15.9 Å². The molecule has 116 valence electrons. The van der Waals surface area contributed by atoms with Crippen LogP contribution in [0, 0.1) is 5.82 Å². The molecule has 2 unspecified atom stereocenters. The smallest absolute Gasteiger partial charge is 0.124 e. The van der Waals surface area contributed by atoms with Gasteiger partial charge in [0.15, 0.2) is 0 Å². The Morgan fingerprint density at radius 1 is 1.29 bits per heavy atom. The average molecular weight is 356 g/mol. The molecule has 1 N–H and O–H groups in total. The molecule has 21 heavy (non-hydrogen) atoms. The number of hydrogen-bond acceptors (Lipinski definition) is 3. The molecule has 0 radical (unpaired) electrons. The Hall–Kier alpha value is -0.490. The summed E-state index contributed by atoms with van der Waals surface area (Å²) in [7, 11) is 0. The van der Waals surface area contributed by atoms with Crippen LogP contribution in [0.15, 0.2) is 22.7 Å². The van der Waals surface area contributed by atoms with Crippen molar-refractivity contribution < 1.29 is 4.39 Å². The number of benzene rings is 1. The SMILES string of the molecule is CCNC(Cc1cc(F)cc(Br)c1)C1CN2CCN1CC2. The van der Waals surface area contributed by atoms with E-state index in [2.05, 4.69) is 38.0 Å². The lowest BCUT2D eigenvalue weighted by Gasteiger charge is -2.50. The molecule has 5 heteroatoms. The fourth-order valence-electron chi connectivity index (χ4n) is 3.63. The minimum Gasteiger partial charge on any atom is -0.312 e. The Labute approximate surface area is 134 Å². The van der Waals surface area contributed by atoms with Gasteiger partial charge in [0.05, 0.1) is 0 Å². The molecule has 3 fully saturated rings. The lowest BCUT2D eigenvalue weighted by molar-refractivity contribution is -0.00289. The Balaban J connectivity index is 1.75. The van der Waals surface area contributed by atoms with Crippen LogP contribution in [-0.4, -0.2) is 61.2 Å². The molecule has 3 aliphatic rings. The molecule has 1 aromatic rings. The van der Waals surface area contributed by atoms with Gasteiger partial charge in [-0.1, -0.05) is 22.9 Å². The Morgan fingerprint density at radius 2 is 2.05 bits per heavy atom. The van der Waals surface area contributed by atoms with Crippen molar-refractivity contribution in [3.8, 4) is 0 Å². The zero-order chi connectivity index (χ0) is 14.8. The summed E-state index contributed by atoms with van der Waals surface area (Å²) in [6, 6.07) is 6.13. The third-order valence-corrected chi connectivity index (χ3v) is 5.09. The van der Waals surface area contributed by atoms with Gasteiger partial charge in [0.1, 0.15) is 5.82 Å². The minimum atomic E-state index is -0.163. The van der Waals surface area contributed by atoms with Crippen molar-refractivity contribution in [3.63, 3.8) is 0 Å². The van der Waals surface area contributed by atoms with Crippen LogP contribution in [0.4, 0.5) is 4.39 Å². The predicted molar refractivity (Wildman–Crippen MR) is 87.1 cm³/mol. The summed E-state index contributed by atoms with van der Waals surface area (Å²) in [4.78, 5) is 5.15. The molecule has 0 amide bonds. The highest BCUT2D eigenvalue weighted by Crippen LogP contribution is 2.22. The van der Waals surface area contributed by atoms with E-state index in [0.717, 1.165) is 29.5 Å². The molecule has 0 spiro atoms. The second kappa shape index (κ2) is 6.73. The maximum absolute atomic E-state index is 13.6. The summed E-state index contributed by atoms with van der Waals surface area (Å²) >= 11 is 3.39. The average Bonchev–Trinajstić information content (AvgIpc) is 2.47. The van der Waals surface area contributed by atoms with Gasteiger partial charge in [-0.25, -0.2) is 4.39 Å². The number of halogens is 2. The molecule has 3 heterocycles. The Kier molecular flexibility index (Phi) is 4.94. The van der Waals surface area contributed by atoms with Crippen molar-refractivity contribution in [3.05, 3.63) is 34.1 Å². The van der Waals surface area contributed by atoms with E-state index in [1.54, 1.807) is 6.07 Å². The van der Waals surface area contributed by atoms with E-state index in [4.69, 9.17) is 0 Å². The van der Waals surface area contributed by atoms with Gasteiger partial charge in [-0.3, -0.25) is 9.80 Å². The number of nitrogens with one attached hydrogen (secondary N) is 1. The van der Waals surface area contributed by atoms with Gasteiger partial charge in [-0.05, 0) is 36.7 Å². The van der Waals surface area contributed by atoms with Gasteiger partial charge in [0.25, 0.3) is 0 Å². The molecule has 3 nitrogen and oxygen atoms in total. The van der Waals surface area contributed by atoms with E-state index < -0.39 is 0 Å². The third-order valence-electron chi connectivity index (χ3n) is 4.63. The molecule has 0 aromatic heterocycles. The molecule has 2 atom stereocenters. The number of hydrogen-bond donors (Lipinski definition) is 1. The van der Waals surface area contributed by atoms with Gasteiger partial charge in [-0.2, -0.15) is 0 Å². The van der Waals surface area contributed by atoms with Crippen LogP contribution >= 0.6 is 15.9 Å². The van der Waals surface area contributed by atoms with Gasteiger partial charge in [0.2, 0.25) is 0 Å². The van der Waals surface area contributed by atoms with Gasteiger partial charge in [-0.15, -0.1) is 0 Å². The fraction of sp³-hybridized carbons (Fsp3) is 0.625. The molecule has 0 saturated carbocycles. The molecule has 2 bridgehead atoms. The first-order chi connectivity index (χ1) is 10.2. The Morgan fingerprint density at radius 3 is 2.62 bits per heavy atom. The largest absolute Gasteiger partial charge is 0.312 e. The number of likely N-dealkylation sites (N-methyl/N-ethyl adjacent to an activating group) is 1. The zero-order valence-corrected chi connectivity index (χ0v) is 14.1. The normalized spacial score (nSPS) is 29.6. The first kappa shape index (κ1) is 15.4. The minimum absolute atomic E-state index is 0.163. The Bertz CT molecular complexity index is 468. The maximum atomic E-state index is 13.6. The standard InChI is InChI=1S/C16H23BrFN3/c1-2-19-15(9-12-7-13(17)10-14(18)8-12)16-11-20-3-5-21(16)6-4-20/h7-8,10,15-16,19H,2-6,9,11H2,1H3. The summed E-state index contributed by atoms with van der Waals surface area (Å²) in [5.74, 6) is -0.163. The van der Waals surface area contributed by atoms with Crippen LogP contribution in [0.3, 0.4) is 0 Å². The lowest BCUT2D eigenvalue weighted by Crippen LogP contribution is -2.66. The van der Waals surface area contributed by atoms with Crippen LogP contribution in [0.25, 0.3) is 0 Å². The van der Waals surface area contributed by atoms with Crippen molar-refractivity contribution in [2.75, 3.05) is 39.3 Å². The molecule has 4 rings (SSSR count). The lowest BCUT2D eigenvalue weighted by atomic mass is 9.94. The summed E-state index contributed by atoms with van der Waals surface area (Å²) < 4.78 is 14.4. The second-order valence-corrected chi connectivity index (χ2v) is 6.97. The highest BCUT2D eigenvalue weighted by Gasteiger charge is 2.36. The fourth-order valence-corrected chi connectivity index (χ4v) is 4.14. The third kappa shape index (κ3) is 3.65. The van der Waals surface area contributed by atoms with Gasteiger partial charge in [0, 0.05) is 49.3 Å². The highest BCUT2D eigenvalue weighted by molar-refractivity contribution is 9.10. The summed E-state index contributed by atoms with van der Waals surface area (Å²) in [5.41, 5.74) is 1.06. The molecule has 3 saturated heterocycles. The summed E-state index contributed by atoms with van der Waals surface area (Å²) in [6.45, 7) is 8.95. The van der Waals surface area contributed by atoms with Crippen molar-refractivity contribution in [2.45, 2.75) is 25.4 Å². The monoisotopic (exact) mass is 355 g/mol. The van der Waals surface area contributed by atoms with Crippen molar-refractivity contribution in [1.29, 1.82) is 0 Å². The van der Waals surface area contributed by atoms with Gasteiger partial charge < -0.3 is 5.32 Å². The van der Waals surface area contributed by atoms with E-state index >= 15 is 0 Å². The van der Waals surface area contributed by atoms with E-state index in [-0.39, 0.29) is 5.82 Å². The quantitative estimate of drug-likeness (QED) is 0.872. The van der Waals surface area contributed by atoms with Crippen LogP contribution in [0.5, 0.6) is 0 Å². The topological polar surface area (TPSA) is 18.5 Å². The highest BCUT2D eigenvalue weighted by atomic mass is 79.9. The number of fused-ring (bicyclic) bond motifs is 3. The van der Waals surface area contributed by atoms with Crippen LogP contribution < -0.4 is 5.32 Å². The summed E-state index contributed by atoms with van der Waals surface area (Å²) in [5, 5.41) is 3.62. The van der Waals surface area contributed by atoms with Crippen LogP contribution in [-0.2, 0) is 6.42 Å². The van der Waals surface area contributed by atoms with E-state index in [0.29, 0.717) is 12.1 Å². The van der Waals surface area contributed by atoms with Crippen molar-refractivity contribution in [2.24, 2.45) is 0 Å². The summed E-state index contributed by atoms with van der Waals surface area (Å²) in [6.07, 6.45) is 0.874. The van der Waals surface area contributed by atoms with E-state index in [9.17, 15) is 4.39 Å². The maximum Gasteiger partial charge on any atom is 0.124 e. The number of piperazine rings is 3. The van der Waals surface area contributed by atoms with E-state index in [1.807, 2.05) is 6.07 Å². The molecule has 1 aromatic carbocycles. The van der Waals surface area contributed by atoms with Crippen LogP contribution in [0.2, 0.25) is 0 Å². The molecular weight excluding hydrogens is 333 g/mol. The zero-order valence-electron chi connectivity index (χ0n) is 12.5. The first-order valence-corrected chi connectivity index (χ1v) is 8.60. The van der Waals surface area contributed by atoms with Crippen LogP contribution in [0.1, 0.15) is 12.5 Å². The predicted octanol–water partition coefficient (Wildman–Crippen LogP) is 2.11. The second-order valence-electron chi connectivity index (χ2n) is 6.05. The molecular formula is C16H23BrFN3. The van der Waals surface area contributed by atoms with Crippen molar-refractivity contribution in [1.82, 2.24) is 15.1 Å². The van der Waals surface area contributed by atoms with E-state index in [1.165, 1.54) is 32.2 Å². The number of rotatable bonds is 5. The van der Waals surface area contributed by atoms with Gasteiger partial charge >= 0.3 is 0 Å². The molecule has 0 aliphatic carbocycles. The first-order valence-electron chi connectivity index (χ1n) is 7.80. The molecule has 3 aliphatic heterocycles.